The normalized spacial score (nSPS) is 42.6. The Labute approximate surface area is 64.1 Å². The predicted molar refractivity (Wildman–Crippen MR) is 35.0 cm³/mol. The second kappa shape index (κ2) is 2.37. The molecule has 4 nitrogen and oxygen atoms in total. The summed E-state index contributed by atoms with van der Waals surface area (Å²) in [7, 11) is 0. The summed E-state index contributed by atoms with van der Waals surface area (Å²) < 4.78 is 9.61. The van der Waals surface area contributed by atoms with Crippen molar-refractivity contribution in [3.8, 4) is 0 Å². The van der Waals surface area contributed by atoms with E-state index in [4.69, 9.17) is 9.47 Å². The number of carbonyl (C=O) groups excluding carboxylic acids is 1. The van der Waals surface area contributed by atoms with E-state index in [0.29, 0.717) is 12.8 Å². The van der Waals surface area contributed by atoms with Crippen LogP contribution in [0.3, 0.4) is 0 Å². The monoisotopic (exact) mass is 158 g/mol. The van der Waals surface area contributed by atoms with Crippen molar-refractivity contribution in [1.82, 2.24) is 0 Å². The molecule has 1 aliphatic carbocycles. The molecule has 62 valence electrons. The van der Waals surface area contributed by atoms with E-state index in [1.54, 1.807) is 0 Å². The van der Waals surface area contributed by atoms with Gasteiger partial charge in [0.25, 0.3) is 0 Å². The van der Waals surface area contributed by atoms with Crippen molar-refractivity contribution in [3.63, 3.8) is 0 Å². The van der Waals surface area contributed by atoms with Crippen LogP contribution >= 0.6 is 0 Å². The topological polar surface area (TPSA) is 55.8 Å². The Kier molecular flexibility index (Phi) is 1.49. The fourth-order valence-corrected chi connectivity index (χ4v) is 1.68. The van der Waals surface area contributed by atoms with Crippen LogP contribution in [0.1, 0.15) is 19.3 Å². The van der Waals surface area contributed by atoms with E-state index < -0.39 is 6.16 Å². The third-order valence-electron chi connectivity index (χ3n) is 2.12. The van der Waals surface area contributed by atoms with Crippen molar-refractivity contribution in [3.05, 3.63) is 0 Å². The van der Waals surface area contributed by atoms with Crippen LogP contribution in [0.15, 0.2) is 0 Å². The molecule has 0 spiro atoms. The number of fused-ring (bicyclic) bond motifs is 2. The fourth-order valence-electron chi connectivity index (χ4n) is 1.68. The maximum absolute atomic E-state index is 10.7. The first-order chi connectivity index (χ1) is 5.24. The average molecular weight is 158 g/mol. The smallest absolute Gasteiger partial charge is 0.431 e. The Hall–Kier alpha value is -0.770. The van der Waals surface area contributed by atoms with Crippen LogP contribution in [-0.2, 0) is 9.47 Å². The maximum Gasteiger partial charge on any atom is 0.508 e. The molecule has 1 aliphatic heterocycles. The third-order valence-corrected chi connectivity index (χ3v) is 2.12. The summed E-state index contributed by atoms with van der Waals surface area (Å²) in [5.74, 6) is 0. The summed E-state index contributed by atoms with van der Waals surface area (Å²) in [5, 5.41) is 9.23. The van der Waals surface area contributed by atoms with Crippen LogP contribution in [0.4, 0.5) is 4.79 Å². The molecule has 2 bridgehead atoms. The molecule has 0 amide bonds. The molecule has 1 N–H and O–H groups in total. The van der Waals surface area contributed by atoms with Crippen LogP contribution in [0, 0.1) is 0 Å². The van der Waals surface area contributed by atoms with Crippen molar-refractivity contribution in [1.29, 1.82) is 0 Å². The van der Waals surface area contributed by atoms with Gasteiger partial charge in [-0.3, -0.25) is 0 Å². The first-order valence-corrected chi connectivity index (χ1v) is 3.79. The van der Waals surface area contributed by atoms with Gasteiger partial charge in [-0.2, -0.15) is 0 Å². The molecule has 2 fully saturated rings. The standard InChI is InChI=1S/C7H10O4/c8-4-1-5-3-6(2-4)11-7(9)10-5/h4-6,8H,1-3H2. The first kappa shape index (κ1) is 6.91. The fraction of sp³-hybridized carbons (Fsp3) is 0.857. The summed E-state index contributed by atoms with van der Waals surface area (Å²) >= 11 is 0. The number of hydrogen-bond acceptors (Lipinski definition) is 4. The van der Waals surface area contributed by atoms with Crippen molar-refractivity contribution in [2.24, 2.45) is 0 Å². The van der Waals surface area contributed by atoms with E-state index in [9.17, 15) is 9.90 Å². The molecule has 2 aliphatic rings. The van der Waals surface area contributed by atoms with Crippen LogP contribution in [0.2, 0.25) is 0 Å². The Morgan fingerprint density at radius 2 is 1.73 bits per heavy atom. The molecule has 1 heterocycles. The lowest BCUT2D eigenvalue weighted by Gasteiger charge is -2.35. The zero-order valence-electron chi connectivity index (χ0n) is 6.03. The Bertz CT molecular complexity index is 159. The lowest BCUT2D eigenvalue weighted by molar-refractivity contribution is -0.110. The summed E-state index contributed by atoms with van der Waals surface area (Å²) in [6.07, 6.45) is 0.667. The number of carbonyl (C=O) groups is 1. The number of aliphatic hydroxyl groups excluding tert-OH is 1. The van der Waals surface area contributed by atoms with Gasteiger partial charge in [0.15, 0.2) is 0 Å². The van der Waals surface area contributed by atoms with Gasteiger partial charge in [-0.25, -0.2) is 4.79 Å². The molecule has 2 unspecified atom stereocenters. The molecule has 0 aromatic heterocycles. The van der Waals surface area contributed by atoms with Gasteiger partial charge in [0.1, 0.15) is 12.2 Å². The lowest BCUT2D eigenvalue weighted by atomic mass is 9.92. The second-order valence-corrected chi connectivity index (χ2v) is 3.09. The highest BCUT2D eigenvalue weighted by atomic mass is 16.7. The summed E-state index contributed by atoms with van der Waals surface area (Å²) in [6.45, 7) is 0. The zero-order chi connectivity index (χ0) is 7.84. The average Bonchev–Trinajstić information content (AvgIpc) is 1.82. The van der Waals surface area contributed by atoms with E-state index in [2.05, 4.69) is 0 Å². The summed E-state index contributed by atoms with van der Waals surface area (Å²) in [5.41, 5.74) is 0. The molecule has 11 heavy (non-hydrogen) atoms. The molecule has 0 aromatic rings. The summed E-state index contributed by atoms with van der Waals surface area (Å²) in [6, 6.07) is 0. The molecule has 0 radical (unpaired) electrons. The molecule has 4 heteroatoms. The summed E-state index contributed by atoms with van der Waals surface area (Å²) in [4.78, 5) is 10.7. The van der Waals surface area contributed by atoms with Crippen LogP contribution in [0.5, 0.6) is 0 Å². The van der Waals surface area contributed by atoms with Crippen molar-refractivity contribution >= 4 is 6.16 Å². The van der Waals surface area contributed by atoms with Crippen LogP contribution in [-0.4, -0.2) is 29.6 Å². The first-order valence-electron chi connectivity index (χ1n) is 3.79. The molecule has 2 rings (SSSR count). The minimum Gasteiger partial charge on any atom is -0.431 e. The van der Waals surface area contributed by atoms with E-state index in [1.807, 2.05) is 0 Å². The van der Waals surface area contributed by atoms with E-state index in [1.165, 1.54) is 0 Å². The molecule has 2 atom stereocenters. The SMILES string of the molecule is O=C1OC2CC(O)CC(C2)O1. The Balaban J connectivity index is 2.05. The Morgan fingerprint density at radius 1 is 1.18 bits per heavy atom. The van der Waals surface area contributed by atoms with Crippen molar-refractivity contribution in [2.75, 3.05) is 0 Å². The van der Waals surface area contributed by atoms with Gasteiger partial charge in [-0.15, -0.1) is 0 Å². The minimum absolute atomic E-state index is 0.120. The molecular weight excluding hydrogens is 148 g/mol. The largest absolute Gasteiger partial charge is 0.508 e. The van der Waals surface area contributed by atoms with Crippen molar-refractivity contribution < 1.29 is 19.4 Å². The van der Waals surface area contributed by atoms with E-state index in [0.717, 1.165) is 6.42 Å². The lowest BCUT2D eigenvalue weighted by Crippen LogP contribution is -2.42. The van der Waals surface area contributed by atoms with Gasteiger partial charge in [0.05, 0.1) is 6.10 Å². The molecule has 0 aromatic carbocycles. The highest BCUT2D eigenvalue weighted by Crippen LogP contribution is 2.28. The number of hydrogen-bond donors (Lipinski definition) is 1. The number of aliphatic hydroxyl groups is 1. The van der Waals surface area contributed by atoms with Crippen LogP contribution < -0.4 is 0 Å². The molecule has 1 saturated heterocycles. The van der Waals surface area contributed by atoms with Gasteiger partial charge in [0.2, 0.25) is 0 Å². The predicted octanol–water partition coefficient (Wildman–Crippen LogP) is 0.435. The molecular formula is C7H10O4. The zero-order valence-corrected chi connectivity index (χ0v) is 6.03. The van der Waals surface area contributed by atoms with Gasteiger partial charge in [-0.05, 0) is 0 Å². The number of rotatable bonds is 0. The maximum atomic E-state index is 10.7. The van der Waals surface area contributed by atoms with Gasteiger partial charge >= 0.3 is 6.16 Å². The van der Waals surface area contributed by atoms with E-state index >= 15 is 0 Å². The highest BCUT2D eigenvalue weighted by molar-refractivity contribution is 5.61. The Morgan fingerprint density at radius 3 is 2.27 bits per heavy atom. The second-order valence-electron chi connectivity index (χ2n) is 3.09. The van der Waals surface area contributed by atoms with E-state index in [-0.39, 0.29) is 18.3 Å². The van der Waals surface area contributed by atoms with Gasteiger partial charge in [0, 0.05) is 19.3 Å². The quantitative estimate of drug-likeness (QED) is 0.519. The minimum atomic E-state index is -0.585. The van der Waals surface area contributed by atoms with Crippen molar-refractivity contribution in [2.45, 2.75) is 37.6 Å². The number of ether oxygens (including phenoxy) is 2. The molecule has 1 saturated carbocycles. The van der Waals surface area contributed by atoms with Gasteiger partial charge < -0.3 is 14.6 Å². The van der Waals surface area contributed by atoms with Gasteiger partial charge in [-0.1, -0.05) is 0 Å². The highest BCUT2D eigenvalue weighted by Gasteiger charge is 2.37. The van der Waals surface area contributed by atoms with Crippen LogP contribution in [0.25, 0.3) is 0 Å². The third kappa shape index (κ3) is 1.30.